The molecule has 1 aliphatic rings. The second-order valence-electron chi connectivity index (χ2n) is 5.36. The lowest BCUT2D eigenvalue weighted by Gasteiger charge is -2.14. The van der Waals surface area contributed by atoms with Gasteiger partial charge in [0.2, 0.25) is 0 Å². The number of rotatable bonds is 5. The van der Waals surface area contributed by atoms with Gasteiger partial charge < -0.3 is 14.4 Å². The first-order valence-corrected chi connectivity index (χ1v) is 10.7. The van der Waals surface area contributed by atoms with Gasteiger partial charge in [-0.25, -0.2) is 9.97 Å². The average molecular weight is 405 g/mol. The van der Waals surface area contributed by atoms with E-state index in [1.807, 2.05) is 63.6 Å². The molecular weight excluding hydrogens is 372 g/mol. The molecular formula is C21H32N4O2S. The molecule has 1 saturated heterocycles. The molecule has 2 atom stereocenters. The molecule has 6 nitrogen and oxygen atoms in total. The Balaban J connectivity index is 0.000000921. The van der Waals surface area contributed by atoms with Crippen LogP contribution in [0, 0.1) is 0 Å². The molecule has 2 unspecified atom stereocenters. The minimum atomic E-state index is -0.0934. The summed E-state index contributed by atoms with van der Waals surface area (Å²) in [7, 11) is 0. The van der Waals surface area contributed by atoms with Crippen LogP contribution in [-0.2, 0) is 4.74 Å². The van der Waals surface area contributed by atoms with E-state index in [4.69, 9.17) is 4.74 Å². The summed E-state index contributed by atoms with van der Waals surface area (Å²) in [5, 5.41) is 11.9. The molecule has 7 heteroatoms. The van der Waals surface area contributed by atoms with E-state index in [2.05, 4.69) is 21.5 Å². The number of fused-ring (bicyclic) bond motifs is 1. The first kappa shape index (κ1) is 24.1. The maximum Gasteiger partial charge on any atom is 0.146 e. The molecule has 3 heterocycles. The highest BCUT2D eigenvalue weighted by Gasteiger charge is 2.27. The molecule has 3 rings (SSSR count). The summed E-state index contributed by atoms with van der Waals surface area (Å²) >= 11 is 1.47. The molecule has 2 aromatic heterocycles. The van der Waals surface area contributed by atoms with Gasteiger partial charge in [0.05, 0.1) is 18.1 Å². The Labute approximate surface area is 172 Å². The first-order valence-electron chi connectivity index (χ1n) is 9.84. The van der Waals surface area contributed by atoms with Crippen LogP contribution in [0.4, 0.5) is 0 Å². The number of allylic oxidation sites excluding steroid dienone is 1. The van der Waals surface area contributed by atoms with E-state index in [1.54, 1.807) is 6.33 Å². The van der Waals surface area contributed by atoms with Crippen molar-refractivity contribution < 1.29 is 9.84 Å². The van der Waals surface area contributed by atoms with Gasteiger partial charge in [0.25, 0.3) is 0 Å². The van der Waals surface area contributed by atoms with E-state index in [1.165, 1.54) is 18.0 Å². The highest BCUT2D eigenvalue weighted by molar-refractivity contribution is 8.14. The van der Waals surface area contributed by atoms with Gasteiger partial charge in [0.15, 0.2) is 0 Å². The minimum Gasteiger partial charge on any atom is -0.394 e. The number of aliphatic hydroxyl groups is 1. The summed E-state index contributed by atoms with van der Waals surface area (Å²) in [6.45, 7) is 13.6. The molecule has 0 radical (unpaired) electrons. The quantitative estimate of drug-likeness (QED) is 0.314. The van der Waals surface area contributed by atoms with Crippen molar-refractivity contribution >= 4 is 27.8 Å². The lowest BCUT2D eigenvalue weighted by atomic mass is 10.2. The molecule has 0 saturated carbocycles. The van der Waals surface area contributed by atoms with Crippen molar-refractivity contribution in [2.24, 2.45) is 4.99 Å². The number of ether oxygens (including phenoxy) is 1. The summed E-state index contributed by atoms with van der Waals surface area (Å²) < 4.78 is 7.87. The zero-order valence-corrected chi connectivity index (χ0v) is 18.3. The SMILES string of the molecule is C=CN=C(/C=C\C)Sc1ncnc2c1ccn2C1CCC(CO)O1.CC.CC. The third kappa shape index (κ3) is 6.02. The Morgan fingerprint density at radius 2 is 2.11 bits per heavy atom. The topological polar surface area (TPSA) is 72.5 Å². The van der Waals surface area contributed by atoms with Crippen LogP contribution in [-0.4, -0.2) is 37.4 Å². The predicted molar refractivity (Wildman–Crippen MR) is 119 cm³/mol. The number of thioether (sulfide) groups is 1. The standard InChI is InChI=1S/C17H20N4O2S.2C2H6/c1-3-5-14(18-4-2)24-17-13-8-9-21(16(13)19-11-20-17)15-7-6-12(10-22)23-15;2*1-2/h3-5,8-9,11-12,15,22H,2,6-7,10H2,1H3;2*1-2H3/b5-3-,18-14?;;. The number of hydrogen-bond acceptors (Lipinski definition) is 6. The smallest absolute Gasteiger partial charge is 0.146 e. The normalized spacial score (nSPS) is 19.1. The van der Waals surface area contributed by atoms with Crippen molar-refractivity contribution in [1.29, 1.82) is 0 Å². The molecule has 0 aliphatic carbocycles. The van der Waals surface area contributed by atoms with E-state index in [0.717, 1.165) is 33.9 Å². The third-order valence-electron chi connectivity index (χ3n) is 3.80. The summed E-state index contributed by atoms with van der Waals surface area (Å²) in [5.74, 6) is 0. The summed E-state index contributed by atoms with van der Waals surface area (Å²) in [6.07, 6.45) is 10.4. The lowest BCUT2D eigenvalue weighted by molar-refractivity contribution is -0.0204. The summed E-state index contributed by atoms with van der Waals surface area (Å²) in [6, 6.07) is 1.99. The zero-order valence-electron chi connectivity index (χ0n) is 17.5. The van der Waals surface area contributed by atoms with Gasteiger partial charge in [-0.1, -0.05) is 40.3 Å². The molecule has 0 aromatic carbocycles. The lowest BCUT2D eigenvalue weighted by Crippen LogP contribution is -2.14. The van der Waals surface area contributed by atoms with Crippen molar-refractivity contribution in [1.82, 2.24) is 14.5 Å². The van der Waals surface area contributed by atoms with Gasteiger partial charge in [0.1, 0.15) is 28.3 Å². The number of aliphatic hydroxyl groups excluding tert-OH is 1. The second kappa shape index (κ2) is 13.3. The van der Waals surface area contributed by atoms with Crippen molar-refractivity contribution in [3.05, 3.63) is 43.5 Å². The van der Waals surface area contributed by atoms with Gasteiger partial charge in [-0.15, -0.1) is 0 Å². The Kier molecular flexibility index (Phi) is 11.4. The van der Waals surface area contributed by atoms with Crippen LogP contribution < -0.4 is 0 Å². The molecule has 154 valence electrons. The fourth-order valence-electron chi connectivity index (χ4n) is 2.72. The molecule has 0 spiro atoms. The second-order valence-corrected chi connectivity index (χ2v) is 6.37. The first-order chi connectivity index (χ1) is 13.8. The minimum absolute atomic E-state index is 0.0521. The highest BCUT2D eigenvalue weighted by Crippen LogP contribution is 2.33. The van der Waals surface area contributed by atoms with Crippen LogP contribution in [0.2, 0.25) is 0 Å². The van der Waals surface area contributed by atoms with E-state index in [0.29, 0.717) is 0 Å². The maximum absolute atomic E-state index is 9.25. The van der Waals surface area contributed by atoms with Crippen molar-refractivity contribution in [3.8, 4) is 0 Å². The van der Waals surface area contributed by atoms with Crippen LogP contribution in [0.3, 0.4) is 0 Å². The van der Waals surface area contributed by atoms with Gasteiger partial charge in [0, 0.05) is 12.4 Å². The van der Waals surface area contributed by atoms with E-state index in [-0.39, 0.29) is 18.9 Å². The number of aliphatic imine (C=N–C) groups is 1. The van der Waals surface area contributed by atoms with Gasteiger partial charge in [-0.05, 0) is 43.7 Å². The fraction of sp³-hybridized carbons (Fsp3) is 0.476. The predicted octanol–water partition coefficient (Wildman–Crippen LogP) is 5.36. The van der Waals surface area contributed by atoms with E-state index >= 15 is 0 Å². The van der Waals surface area contributed by atoms with Crippen LogP contribution in [0.5, 0.6) is 0 Å². The fourth-order valence-corrected chi connectivity index (χ4v) is 3.62. The van der Waals surface area contributed by atoms with Crippen LogP contribution in [0.25, 0.3) is 11.0 Å². The molecule has 2 aromatic rings. The van der Waals surface area contributed by atoms with Crippen molar-refractivity contribution in [2.45, 2.75) is 64.8 Å². The molecule has 28 heavy (non-hydrogen) atoms. The molecule has 0 bridgehead atoms. The number of hydrogen-bond donors (Lipinski definition) is 1. The van der Waals surface area contributed by atoms with Crippen LogP contribution >= 0.6 is 11.8 Å². The number of aromatic nitrogens is 3. The molecule has 1 N–H and O–H groups in total. The largest absolute Gasteiger partial charge is 0.394 e. The Hall–Kier alpha value is -1.96. The van der Waals surface area contributed by atoms with Crippen LogP contribution in [0.15, 0.2) is 53.5 Å². The van der Waals surface area contributed by atoms with Gasteiger partial charge in [-0.2, -0.15) is 0 Å². The average Bonchev–Trinajstić information content (AvgIpc) is 3.38. The van der Waals surface area contributed by atoms with Gasteiger partial charge in [-0.3, -0.25) is 4.99 Å². The van der Waals surface area contributed by atoms with Crippen LogP contribution in [0.1, 0.15) is 53.7 Å². The third-order valence-corrected chi connectivity index (χ3v) is 4.77. The molecule has 1 aliphatic heterocycles. The maximum atomic E-state index is 9.25. The molecule has 1 fully saturated rings. The highest BCUT2D eigenvalue weighted by atomic mass is 32.2. The summed E-state index contributed by atoms with van der Waals surface area (Å²) in [5.41, 5.74) is 0.828. The molecule has 0 amide bonds. The van der Waals surface area contributed by atoms with Crippen molar-refractivity contribution in [2.75, 3.05) is 6.61 Å². The Morgan fingerprint density at radius 1 is 1.36 bits per heavy atom. The monoisotopic (exact) mass is 404 g/mol. The Morgan fingerprint density at radius 3 is 2.71 bits per heavy atom. The Bertz CT molecular complexity index is 786. The summed E-state index contributed by atoms with van der Waals surface area (Å²) in [4.78, 5) is 13.1. The van der Waals surface area contributed by atoms with Gasteiger partial charge >= 0.3 is 0 Å². The number of nitrogens with zero attached hydrogens (tertiary/aromatic N) is 4. The van der Waals surface area contributed by atoms with E-state index < -0.39 is 0 Å². The zero-order chi connectivity index (χ0) is 20.9. The van der Waals surface area contributed by atoms with Crippen molar-refractivity contribution in [3.63, 3.8) is 0 Å². The van der Waals surface area contributed by atoms with E-state index in [9.17, 15) is 5.11 Å².